The first-order valence-electron chi connectivity index (χ1n) is 24.1. The number of aromatic nitrogens is 3. The number of hydrogen-bond acceptors (Lipinski definition) is 11. The summed E-state index contributed by atoms with van der Waals surface area (Å²) in [5, 5.41) is 8.15. The van der Waals surface area contributed by atoms with Gasteiger partial charge in [-0.2, -0.15) is 0 Å². The van der Waals surface area contributed by atoms with E-state index in [9.17, 15) is 24.0 Å². The summed E-state index contributed by atoms with van der Waals surface area (Å²) in [7, 11) is 3.31. The Morgan fingerprint density at radius 3 is 2.63 bits per heavy atom. The second-order valence-electron chi connectivity index (χ2n) is 20.0. The summed E-state index contributed by atoms with van der Waals surface area (Å²) in [5.74, 6) is -1.67. The van der Waals surface area contributed by atoms with Crippen LogP contribution >= 0.6 is 11.3 Å². The average molecular weight is 950 g/mol. The maximum absolute atomic E-state index is 14.7. The van der Waals surface area contributed by atoms with Crippen LogP contribution in [0.2, 0.25) is 0 Å². The van der Waals surface area contributed by atoms with Gasteiger partial charge >= 0.3 is 12.0 Å². The lowest BCUT2D eigenvalue weighted by molar-refractivity contribution is -0.155. The number of methoxy groups -OCH3 is 1. The number of hydrazine groups is 1. The van der Waals surface area contributed by atoms with Crippen LogP contribution in [0.5, 0.6) is 0 Å². The van der Waals surface area contributed by atoms with Gasteiger partial charge in [-0.15, -0.1) is 11.3 Å². The van der Waals surface area contributed by atoms with E-state index in [0.717, 1.165) is 57.5 Å². The fourth-order valence-corrected chi connectivity index (χ4v) is 11.7. The third-order valence-electron chi connectivity index (χ3n) is 14.3. The Bertz CT molecular complexity index is 2570. The van der Waals surface area contributed by atoms with E-state index < -0.39 is 41.3 Å². The average Bonchev–Trinajstić information content (AvgIpc) is 4.07. The Kier molecular flexibility index (Phi) is 14.4. The molecule has 6 atom stereocenters. The van der Waals surface area contributed by atoms with Crippen LogP contribution < -0.4 is 10.7 Å². The van der Waals surface area contributed by atoms with Crippen LogP contribution in [0.4, 0.5) is 4.79 Å². The number of urea groups is 1. The zero-order valence-electron chi connectivity index (χ0n) is 40.7. The highest BCUT2D eigenvalue weighted by Crippen LogP contribution is 2.42. The summed E-state index contributed by atoms with van der Waals surface area (Å²) in [6.45, 7) is 18.4. The molecule has 0 saturated carbocycles. The number of likely N-dealkylation sites (N-methyl/N-ethyl adjacent to an activating group) is 1. The minimum absolute atomic E-state index is 0.0766. The van der Waals surface area contributed by atoms with Crippen molar-refractivity contribution in [2.24, 2.45) is 17.3 Å². The van der Waals surface area contributed by atoms with Gasteiger partial charge in [0.05, 0.1) is 40.8 Å². The molecule has 0 aliphatic carbocycles. The number of pyridine rings is 1. The van der Waals surface area contributed by atoms with Gasteiger partial charge < -0.3 is 34.1 Å². The normalized spacial score (nSPS) is 22.9. The Morgan fingerprint density at radius 2 is 1.90 bits per heavy atom. The van der Waals surface area contributed by atoms with E-state index in [1.165, 1.54) is 27.3 Å². The van der Waals surface area contributed by atoms with E-state index in [1.54, 1.807) is 25.3 Å². The fraction of sp³-hybridized carbons (Fsp3) is 0.549. The van der Waals surface area contributed by atoms with Gasteiger partial charge in [-0.25, -0.2) is 15.2 Å². The van der Waals surface area contributed by atoms with E-state index in [2.05, 4.69) is 66.9 Å². The van der Waals surface area contributed by atoms with Crippen LogP contribution in [-0.2, 0) is 48.0 Å². The summed E-state index contributed by atoms with van der Waals surface area (Å²) in [6, 6.07) is 7.20. The van der Waals surface area contributed by atoms with Gasteiger partial charge in [0.25, 0.3) is 5.91 Å². The molecule has 4 aliphatic rings. The van der Waals surface area contributed by atoms with Crippen LogP contribution in [0.25, 0.3) is 33.4 Å². The first-order chi connectivity index (χ1) is 32.5. The van der Waals surface area contributed by atoms with E-state index >= 15 is 0 Å². The zero-order chi connectivity index (χ0) is 48.6. The number of esters is 1. The maximum atomic E-state index is 14.7. The van der Waals surface area contributed by atoms with Crippen LogP contribution in [-0.4, -0.2) is 135 Å². The van der Waals surface area contributed by atoms with E-state index in [1.807, 2.05) is 37.1 Å². The Balaban J connectivity index is 1.14. The number of amides is 5. The number of nitrogens with zero attached hydrogens (tertiary/aromatic N) is 7. The van der Waals surface area contributed by atoms with Gasteiger partial charge in [0, 0.05) is 92.3 Å². The van der Waals surface area contributed by atoms with Crippen molar-refractivity contribution in [1.29, 1.82) is 0 Å². The molecule has 7 heterocycles. The molecule has 5 amide bonds. The number of carbonyl (C=O) groups excluding carboxylic acids is 5. The maximum Gasteiger partial charge on any atom is 0.324 e. The monoisotopic (exact) mass is 949 g/mol. The van der Waals surface area contributed by atoms with Gasteiger partial charge in [0.2, 0.25) is 11.8 Å². The van der Waals surface area contributed by atoms with Crippen LogP contribution in [0.1, 0.15) is 89.6 Å². The molecule has 6 bridgehead atoms. The van der Waals surface area contributed by atoms with Crippen LogP contribution in [0.3, 0.4) is 0 Å². The smallest absolute Gasteiger partial charge is 0.324 e. The van der Waals surface area contributed by atoms with Gasteiger partial charge in [-0.1, -0.05) is 40.3 Å². The lowest BCUT2D eigenvalue weighted by atomic mass is 9.84. The molecule has 364 valence electrons. The number of thiazole rings is 1. The van der Waals surface area contributed by atoms with Gasteiger partial charge in [-0.3, -0.25) is 29.2 Å². The molecule has 2 N–H and O–H groups in total. The predicted octanol–water partition coefficient (Wildman–Crippen LogP) is 6.39. The number of rotatable bonds is 9. The molecule has 0 radical (unpaired) electrons. The summed E-state index contributed by atoms with van der Waals surface area (Å²) >= 11 is 1.41. The minimum atomic E-state index is -1.09. The van der Waals surface area contributed by atoms with Crippen molar-refractivity contribution in [2.75, 3.05) is 46.9 Å². The number of likely N-dealkylation sites (tertiary alicyclic amines) is 2. The van der Waals surface area contributed by atoms with Crippen molar-refractivity contribution < 1.29 is 33.4 Å². The summed E-state index contributed by atoms with van der Waals surface area (Å²) in [6.07, 6.45) is 6.27. The molecule has 4 aromatic rings. The lowest BCUT2D eigenvalue weighted by Crippen LogP contribution is -2.62. The largest absolute Gasteiger partial charge is 0.464 e. The summed E-state index contributed by atoms with van der Waals surface area (Å²) in [4.78, 5) is 85.2. The summed E-state index contributed by atoms with van der Waals surface area (Å²) in [5.41, 5.74) is 9.28. The third-order valence-corrected chi connectivity index (χ3v) is 15.2. The second kappa shape index (κ2) is 20.1. The number of piperidine rings is 1. The van der Waals surface area contributed by atoms with Crippen LogP contribution in [0.15, 0.2) is 54.6 Å². The van der Waals surface area contributed by atoms with Crippen molar-refractivity contribution in [3.63, 3.8) is 0 Å². The van der Waals surface area contributed by atoms with Gasteiger partial charge in [-0.05, 0) is 93.7 Å². The molecule has 1 aromatic carbocycles. The molecule has 3 aromatic heterocycles. The number of aryl methyl sites for hydroxylation is 1. The highest BCUT2D eigenvalue weighted by molar-refractivity contribution is 7.10. The SMILES string of the molecule is C=CC(=O)N1CCC[C@@H]2CN(C(=O)N(C)[C@H](C(=O)N[C@H]3Cc4nc(cs4)-c4ccc5c(c4)c(c(-c4cccnc4[C@H](C)OC)n5CC)CC(C)(C)COC(=O)C4CCCN(N4)C3=O)C(C)C)C[C@@H]21. The quantitative estimate of drug-likeness (QED) is 0.142. The molecule has 0 spiro atoms. The fourth-order valence-electron chi connectivity index (χ4n) is 10.8. The second-order valence-corrected chi connectivity index (χ2v) is 20.9. The third kappa shape index (κ3) is 9.66. The van der Waals surface area contributed by atoms with Gasteiger partial charge in [0.1, 0.15) is 18.1 Å². The Labute approximate surface area is 403 Å². The first-order valence-corrected chi connectivity index (χ1v) is 25.0. The lowest BCUT2D eigenvalue weighted by Gasteiger charge is -2.37. The van der Waals surface area contributed by atoms with Crippen molar-refractivity contribution in [2.45, 2.75) is 117 Å². The van der Waals surface area contributed by atoms with Crippen molar-refractivity contribution in [1.82, 2.24) is 45.0 Å². The van der Waals surface area contributed by atoms with Crippen LogP contribution in [0, 0.1) is 17.3 Å². The van der Waals surface area contributed by atoms with E-state index in [-0.39, 0.29) is 48.9 Å². The number of hydrogen-bond donors (Lipinski definition) is 2. The van der Waals surface area contributed by atoms with E-state index in [4.69, 9.17) is 19.4 Å². The molecule has 16 nitrogen and oxygen atoms in total. The molecule has 1 unspecified atom stereocenters. The molecule has 3 saturated heterocycles. The molecule has 68 heavy (non-hydrogen) atoms. The van der Waals surface area contributed by atoms with Crippen molar-refractivity contribution in [3.8, 4) is 22.5 Å². The molecule has 17 heteroatoms. The van der Waals surface area contributed by atoms with Crippen molar-refractivity contribution >= 4 is 52.0 Å². The minimum Gasteiger partial charge on any atom is -0.464 e. The van der Waals surface area contributed by atoms with E-state index in [0.29, 0.717) is 57.0 Å². The number of carbonyl (C=O) groups is 5. The molecule has 8 rings (SSSR count). The molecule has 3 fully saturated rings. The number of cyclic esters (lactones) is 1. The highest BCUT2D eigenvalue weighted by Gasteiger charge is 2.45. The van der Waals surface area contributed by atoms with Gasteiger partial charge in [0.15, 0.2) is 0 Å². The van der Waals surface area contributed by atoms with Crippen molar-refractivity contribution in [3.05, 3.63) is 70.8 Å². The predicted molar refractivity (Wildman–Crippen MR) is 261 cm³/mol. The number of nitrogens with one attached hydrogen (secondary N) is 2. The number of ether oxygens (including phenoxy) is 2. The topological polar surface area (TPSA) is 172 Å². The standard InChI is InChI=1S/C51H67N9O7S/c1-10-43(61)59-21-13-15-33-26-57(27-41(33)59)50(65)56(8)45(30(3)4)47(62)54-38-24-42-53-39(28-68-42)32-18-19-40-35(23-32)36(46(58(40)11-2)34-16-12-20-52-44(34)31(5)66-9)25-51(6,7)29-67-49(64)37-17-14-22-60(55-37)48(38)63/h10,12,16,18-20,23,28,30-31,33,37-38,41,45,55H,1,11,13-15,17,21-22,24-27,29H2,2-9H3,(H,54,62)/t31-,33+,37?,38-,41-,45-/m0/s1. The first kappa shape index (κ1) is 48.8. The number of fused-ring (bicyclic) bond motifs is 7. The Hall–Kier alpha value is -5.65. The highest BCUT2D eigenvalue weighted by atomic mass is 32.1. The number of benzene rings is 1. The molecular weight excluding hydrogens is 883 g/mol. The molecular formula is C51H67N9O7S. The summed E-state index contributed by atoms with van der Waals surface area (Å²) < 4.78 is 14.3. The zero-order valence-corrected chi connectivity index (χ0v) is 41.6. The Morgan fingerprint density at radius 1 is 1.12 bits per heavy atom. The molecule has 4 aliphatic heterocycles.